The zero-order valence-corrected chi connectivity index (χ0v) is 35.1. The summed E-state index contributed by atoms with van der Waals surface area (Å²) in [6.07, 6.45) is -1.35. The van der Waals surface area contributed by atoms with Gasteiger partial charge in [0.1, 0.15) is 30.3 Å². The molecule has 0 aromatic heterocycles. The molecule has 1 saturated carbocycles. The summed E-state index contributed by atoms with van der Waals surface area (Å²) in [5, 5.41) is 84.3. The number of unbranched alkanes of at least 4 members (excludes halogenated alkanes) is 1. The molecule has 0 heterocycles. The maximum atomic E-state index is 13.6. The molecule has 0 radical (unpaired) electrons. The van der Waals surface area contributed by atoms with E-state index in [2.05, 4.69) is 31.7 Å². The van der Waals surface area contributed by atoms with Crippen molar-refractivity contribution in [2.45, 2.75) is 108 Å². The highest BCUT2D eigenvalue weighted by Gasteiger charge is 2.31. The number of aliphatic hydroxyl groups excluding tert-OH is 4. The topological polar surface area (TPSA) is 343 Å². The summed E-state index contributed by atoms with van der Waals surface area (Å²) < 4.78 is 0. The molecule has 63 heavy (non-hydrogen) atoms. The first-order valence-electron chi connectivity index (χ1n) is 20.9. The minimum Gasteiger partial charge on any atom is -0.481 e. The monoisotopic (exact) mass is 888 g/mol. The number of benzene rings is 2. The van der Waals surface area contributed by atoms with Crippen LogP contribution in [0.3, 0.4) is 0 Å². The molecule has 1 fully saturated rings. The van der Waals surface area contributed by atoms with Crippen LogP contribution in [0.4, 0.5) is 4.79 Å². The van der Waals surface area contributed by atoms with Crippen LogP contribution in [0.25, 0.3) is 10.8 Å². The van der Waals surface area contributed by atoms with E-state index in [1.807, 2.05) is 42.5 Å². The number of carboxylic acid groups (broad SMARTS) is 3. The highest BCUT2D eigenvalue weighted by atomic mass is 16.6. The third kappa shape index (κ3) is 18.2. The lowest BCUT2D eigenvalue weighted by Crippen LogP contribution is -2.51. The molecule has 0 spiro atoms. The van der Waals surface area contributed by atoms with Gasteiger partial charge in [0.05, 0.1) is 12.7 Å². The maximum Gasteiger partial charge on any atom is 0.326 e. The normalized spacial score (nSPS) is 18.4. The number of nitrogens with zero attached hydrogens (tertiary/aromatic N) is 1. The molecule has 2 aromatic carbocycles. The second-order valence-electron chi connectivity index (χ2n) is 15.7. The summed E-state index contributed by atoms with van der Waals surface area (Å²) >= 11 is 0. The summed E-state index contributed by atoms with van der Waals surface area (Å²) in [6.45, 7) is 0.812. The van der Waals surface area contributed by atoms with E-state index >= 15 is 0 Å². The number of oxime groups is 1. The van der Waals surface area contributed by atoms with Gasteiger partial charge in [-0.15, -0.1) is 0 Å². The number of carbonyl (C=O) groups is 7. The van der Waals surface area contributed by atoms with Gasteiger partial charge in [0.15, 0.2) is 6.61 Å². The Morgan fingerprint density at radius 3 is 2.08 bits per heavy atom. The van der Waals surface area contributed by atoms with Crippen molar-refractivity contribution in [1.82, 2.24) is 26.6 Å². The van der Waals surface area contributed by atoms with E-state index in [4.69, 9.17) is 15.1 Å². The SMILES string of the molecule is CC(/C=N\OCC(=O)NCC1CCC(C(=O)NC(Cc2ccc3ccccc3c2)C(=O)NCCCCC(NC(=O)NC(CCC(=O)O)C(=O)O)C(=O)O)CC1)C(O)C(O)C(O)CO. The molecule has 1 aliphatic rings. The van der Waals surface area contributed by atoms with Crippen LogP contribution in [0.15, 0.2) is 47.6 Å². The summed E-state index contributed by atoms with van der Waals surface area (Å²) in [4.78, 5) is 90.9. The lowest BCUT2D eigenvalue weighted by Gasteiger charge is -2.29. The average Bonchev–Trinajstić information content (AvgIpc) is 3.26. The van der Waals surface area contributed by atoms with Crippen molar-refractivity contribution in [3.63, 3.8) is 0 Å². The van der Waals surface area contributed by atoms with Crippen LogP contribution in [-0.2, 0) is 40.0 Å². The van der Waals surface area contributed by atoms with E-state index in [-0.39, 0.29) is 43.6 Å². The fraction of sp³-hybridized carbons (Fsp3) is 0.571. The van der Waals surface area contributed by atoms with Crippen LogP contribution in [0.5, 0.6) is 0 Å². The van der Waals surface area contributed by atoms with Crippen LogP contribution in [0.1, 0.15) is 70.3 Å². The predicted molar refractivity (Wildman–Crippen MR) is 225 cm³/mol. The van der Waals surface area contributed by atoms with Gasteiger partial charge in [-0.25, -0.2) is 14.4 Å². The zero-order chi connectivity index (χ0) is 46.5. The Morgan fingerprint density at radius 2 is 1.44 bits per heavy atom. The first-order chi connectivity index (χ1) is 30.0. The molecule has 5 amide bonds. The summed E-state index contributed by atoms with van der Waals surface area (Å²) in [6, 6.07) is 8.51. The average molecular weight is 889 g/mol. The molecule has 348 valence electrons. The van der Waals surface area contributed by atoms with E-state index in [0.717, 1.165) is 22.6 Å². The molecule has 7 atom stereocenters. The van der Waals surface area contributed by atoms with E-state index < -0.39 is 104 Å². The number of hydrogen-bond acceptors (Lipinski definition) is 13. The van der Waals surface area contributed by atoms with Crippen molar-refractivity contribution in [3.05, 3.63) is 48.0 Å². The third-order valence-corrected chi connectivity index (χ3v) is 10.8. The number of aliphatic carboxylic acids is 3. The van der Waals surface area contributed by atoms with E-state index in [1.165, 1.54) is 6.92 Å². The molecule has 12 N–H and O–H groups in total. The first kappa shape index (κ1) is 51.5. The van der Waals surface area contributed by atoms with Crippen molar-refractivity contribution in [2.75, 3.05) is 26.3 Å². The van der Waals surface area contributed by atoms with E-state index in [0.29, 0.717) is 38.6 Å². The maximum absolute atomic E-state index is 13.6. The minimum atomic E-state index is -1.60. The molecule has 1 aliphatic carbocycles. The third-order valence-electron chi connectivity index (χ3n) is 10.8. The number of rotatable bonds is 27. The molecule has 21 nitrogen and oxygen atoms in total. The molecule has 0 saturated heterocycles. The van der Waals surface area contributed by atoms with Gasteiger partial charge in [0.2, 0.25) is 11.8 Å². The van der Waals surface area contributed by atoms with Crippen molar-refractivity contribution < 1.29 is 74.1 Å². The highest BCUT2D eigenvalue weighted by molar-refractivity contribution is 5.89. The molecular formula is C42H60N6O15. The van der Waals surface area contributed by atoms with Gasteiger partial charge >= 0.3 is 23.9 Å². The van der Waals surface area contributed by atoms with Crippen molar-refractivity contribution in [2.24, 2.45) is 22.9 Å². The van der Waals surface area contributed by atoms with Gasteiger partial charge < -0.3 is 67.2 Å². The smallest absolute Gasteiger partial charge is 0.326 e. The lowest BCUT2D eigenvalue weighted by atomic mass is 9.81. The molecule has 0 bridgehead atoms. The standard InChI is InChI=1S/C42H60N6O15/c1-24(36(54)37(55)33(50)22-49)20-45-63-23-34(51)44-21-25-9-13-28(14-10-25)38(56)46-32(19-26-11-12-27-6-2-3-7-29(27)18-26)39(57)43-17-5-4-8-30(40(58)59)47-42(62)48-31(41(60)61)15-16-35(52)53/h2-3,6-7,11-12,18,20,24-25,28,30-33,36-37,49-50,54-55H,4-5,8-10,13-17,19,21-23H2,1H3,(H,43,57)(H,44,51)(H,46,56)(H,52,53)(H,58,59)(H,60,61)(H2,47,48,62)/b45-20-. The van der Waals surface area contributed by atoms with Crippen LogP contribution in [0.2, 0.25) is 0 Å². The van der Waals surface area contributed by atoms with Gasteiger partial charge in [0, 0.05) is 44.0 Å². The molecule has 3 rings (SSSR count). The highest BCUT2D eigenvalue weighted by Crippen LogP contribution is 2.29. The summed E-state index contributed by atoms with van der Waals surface area (Å²) in [5.41, 5.74) is 0.814. The number of carbonyl (C=O) groups excluding carboxylic acids is 4. The largest absolute Gasteiger partial charge is 0.481 e. The van der Waals surface area contributed by atoms with Crippen molar-refractivity contribution >= 4 is 58.6 Å². The van der Waals surface area contributed by atoms with Gasteiger partial charge in [-0.1, -0.05) is 54.5 Å². The fourth-order valence-corrected chi connectivity index (χ4v) is 6.96. The second kappa shape index (κ2) is 26.5. The van der Waals surface area contributed by atoms with Gasteiger partial charge in [-0.05, 0) is 73.6 Å². The number of aliphatic hydroxyl groups is 4. The first-order valence-corrected chi connectivity index (χ1v) is 20.9. The molecule has 0 aliphatic heterocycles. The van der Waals surface area contributed by atoms with Gasteiger partial charge in [0.25, 0.3) is 5.91 Å². The molecule has 7 unspecified atom stereocenters. The Balaban J connectivity index is 1.49. The molecule has 21 heteroatoms. The Kier molecular flexibility index (Phi) is 21.7. The van der Waals surface area contributed by atoms with Gasteiger partial charge in [-0.2, -0.15) is 0 Å². The van der Waals surface area contributed by atoms with Crippen LogP contribution < -0.4 is 26.6 Å². The molecule has 2 aromatic rings. The van der Waals surface area contributed by atoms with Crippen LogP contribution >= 0.6 is 0 Å². The van der Waals surface area contributed by atoms with Crippen molar-refractivity contribution in [3.8, 4) is 0 Å². The minimum absolute atomic E-state index is 0.0602. The Bertz CT molecular complexity index is 1870. The quantitative estimate of drug-likeness (QED) is 0.0316. The van der Waals surface area contributed by atoms with Crippen LogP contribution in [-0.4, -0.2) is 146 Å². The Labute approximate surface area is 363 Å². The Hall–Kier alpha value is -5.90. The van der Waals surface area contributed by atoms with E-state index in [1.54, 1.807) is 0 Å². The lowest BCUT2D eigenvalue weighted by molar-refractivity contribution is -0.141. The van der Waals surface area contributed by atoms with Crippen LogP contribution in [0, 0.1) is 17.8 Å². The number of fused-ring (bicyclic) bond motifs is 1. The predicted octanol–water partition coefficient (Wildman–Crippen LogP) is -0.140. The molecular weight excluding hydrogens is 828 g/mol. The number of carboxylic acids is 3. The van der Waals surface area contributed by atoms with Gasteiger partial charge in [-0.3, -0.25) is 19.2 Å². The summed E-state index contributed by atoms with van der Waals surface area (Å²) in [7, 11) is 0. The number of urea groups is 1. The zero-order valence-electron chi connectivity index (χ0n) is 35.1. The summed E-state index contributed by atoms with van der Waals surface area (Å²) in [5.74, 6) is -6.33. The number of hydrogen-bond donors (Lipinski definition) is 12. The Morgan fingerprint density at radius 1 is 0.794 bits per heavy atom. The number of amides is 5. The fourth-order valence-electron chi connectivity index (χ4n) is 6.96. The second-order valence-corrected chi connectivity index (χ2v) is 15.7. The number of nitrogens with one attached hydrogen (secondary N) is 5. The van der Waals surface area contributed by atoms with Crippen molar-refractivity contribution in [1.29, 1.82) is 0 Å². The van der Waals surface area contributed by atoms with E-state index in [9.17, 15) is 59.1 Å².